The Hall–Kier alpha value is -2.42. The molecule has 0 saturated heterocycles. The Morgan fingerprint density at radius 3 is 2.61 bits per heavy atom. The van der Waals surface area contributed by atoms with Gasteiger partial charge < -0.3 is 5.32 Å². The van der Waals surface area contributed by atoms with E-state index in [4.69, 9.17) is 0 Å². The third-order valence-corrected chi connectivity index (χ3v) is 4.43. The SMILES string of the molecule is CCS(=O)(=O)Nc1ccc(C(=O)NCCCn2ccnn2)cc1. The van der Waals surface area contributed by atoms with Gasteiger partial charge in [0, 0.05) is 30.5 Å². The summed E-state index contributed by atoms with van der Waals surface area (Å²) >= 11 is 0. The normalized spacial score (nSPS) is 11.2. The summed E-state index contributed by atoms with van der Waals surface area (Å²) in [5.74, 6) is -0.199. The van der Waals surface area contributed by atoms with Crippen LogP contribution in [0.1, 0.15) is 23.7 Å². The van der Waals surface area contributed by atoms with Gasteiger partial charge in [-0.3, -0.25) is 14.2 Å². The van der Waals surface area contributed by atoms with Crippen molar-refractivity contribution in [3.05, 3.63) is 42.2 Å². The van der Waals surface area contributed by atoms with E-state index in [2.05, 4.69) is 20.4 Å². The van der Waals surface area contributed by atoms with Crippen molar-refractivity contribution in [1.82, 2.24) is 20.3 Å². The number of hydrogen-bond acceptors (Lipinski definition) is 5. The van der Waals surface area contributed by atoms with E-state index < -0.39 is 10.0 Å². The smallest absolute Gasteiger partial charge is 0.251 e. The standard InChI is InChI=1S/C14H19N5O3S/c1-2-23(21,22)17-13-6-4-12(5-7-13)14(20)15-8-3-10-19-11-9-16-18-19/h4-7,9,11,17H,2-3,8,10H2,1H3,(H,15,20). The van der Waals surface area contributed by atoms with Crippen LogP contribution in [0.15, 0.2) is 36.7 Å². The summed E-state index contributed by atoms with van der Waals surface area (Å²) in [7, 11) is -3.31. The minimum absolute atomic E-state index is 0.00100. The first-order chi connectivity index (χ1) is 11.0. The monoisotopic (exact) mass is 337 g/mol. The molecule has 1 aromatic heterocycles. The molecule has 2 aromatic rings. The van der Waals surface area contributed by atoms with E-state index in [1.165, 1.54) is 0 Å². The lowest BCUT2D eigenvalue weighted by Crippen LogP contribution is -2.25. The highest BCUT2D eigenvalue weighted by molar-refractivity contribution is 7.92. The number of aryl methyl sites for hydroxylation is 1. The summed E-state index contributed by atoms with van der Waals surface area (Å²) in [4.78, 5) is 12.0. The molecule has 9 heteroatoms. The largest absolute Gasteiger partial charge is 0.352 e. The van der Waals surface area contributed by atoms with Crippen LogP contribution in [0.2, 0.25) is 0 Å². The molecule has 0 fully saturated rings. The fourth-order valence-electron chi connectivity index (χ4n) is 1.84. The van der Waals surface area contributed by atoms with Gasteiger partial charge in [0.1, 0.15) is 0 Å². The van der Waals surface area contributed by atoms with Crippen LogP contribution < -0.4 is 10.0 Å². The van der Waals surface area contributed by atoms with E-state index in [1.807, 2.05) is 0 Å². The zero-order valence-electron chi connectivity index (χ0n) is 12.8. The van der Waals surface area contributed by atoms with Crippen LogP contribution in [-0.4, -0.2) is 41.6 Å². The van der Waals surface area contributed by atoms with Crippen molar-refractivity contribution in [2.45, 2.75) is 19.9 Å². The first-order valence-corrected chi connectivity index (χ1v) is 8.88. The number of aromatic nitrogens is 3. The molecule has 0 spiro atoms. The molecule has 0 aliphatic rings. The highest BCUT2D eigenvalue weighted by Crippen LogP contribution is 2.11. The molecule has 0 unspecified atom stereocenters. The summed E-state index contributed by atoms with van der Waals surface area (Å²) in [6, 6.07) is 6.30. The van der Waals surface area contributed by atoms with Crippen LogP contribution >= 0.6 is 0 Å². The molecule has 1 heterocycles. The molecule has 23 heavy (non-hydrogen) atoms. The molecule has 2 rings (SSSR count). The van der Waals surface area contributed by atoms with E-state index >= 15 is 0 Å². The number of carbonyl (C=O) groups excluding carboxylic acids is 1. The molecular weight excluding hydrogens is 318 g/mol. The molecule has 124 valence electrons. The highest BCUT2D eigenvalue weighted by atomic mass is 32.2. The Morgan fingerprint density at radius 2 is 2.00 bits per heavy atom. The van der Waals surface area contributed by atoms with Crippen LogP contribution in [-0.2, 0) is 16.6 Å². The van der Waals surface area contributed by atoms with Crippen molar-refractivity contribution in [2.24, 2.45) is 0 Å². The molecule has 0 aliphatic carbocycles. The number of anilines is 1. The molecule has 8 nitrogen and oxygen atoms in total. The maximum absolute atomic E-state index is 12.0. The van der Waals surface area contributed by atoms with E-state index in [9.17, 15) is 13.2 Å². The zero-order valence-corrected chi connectivity index (χ0v) is 13.6. The number of carbonyl (C=O) groups is 1. The van der Waals surface area contributed by atoms with Gasteiger partial charge >= 0.3 is 0 Å². The highest BCUT2D eigenvalue weighted by Gasteiger charge is 2.08. The van der Waals surface area contributed by atoms with Gasteiger partial charge in [0.2, 0.25) is 10.0 Å². The maximum atomic E-state index is 12.0. The molecular formula is C14H19N5O3S. The van der Waals surface area contributed by atoms with E-state index in [0.717, 1.165) is 6.42 Å². The Bertz CT molecular complexity index is 726. The number of hydrogen-bond donors (Lipinski definition) is 2. The second kappa shape index (κ2) is 7.73. The third-order valence-electron chi connectivity index (χ3n) is 3.12. The van der Waals surface area contributed by atoms with Crippen molar-refractivity contribution < 1.29 is 13.2 Å². The van der Waals surface area contributed by atoms with E-state index in [-0.39, 0.29) is 11.7 Å². The minimum atomic E-state index is -3.31. The van der Waals surface area contributed by atoms with Crippen molar-refractivity contribution in [1.29, 1.82) is 0 Å². The average molecular weight is 337 g/mol. The first kappa shape index (κ1) is 16.9. The van der Waals surface area contributed by atoms with Crippen LogP contribution in [0.3, 0.4) is 0 Å². The van der Waals surface area contributed by atoms with Crippen LogP contribution in [0.25, 0.3) is 0 Å². The van der Waals surface area contributed by atoms with Gasteiger partial charge in [-0.2, -0.15) is 0 Å². The quantitative estimate of drug-likeness (QED) is 0.695. The Kier molecular flexibility index (Phi) is 5.69. The summed E-state index contributed by atoms with van der Waals surface area (Å²) in [6.45, 7) is 2.75. The first-order valence-electron chi connectivity index (χ1n) is 7.23. The van der Waals surface area contributed by atoms with Gasteiger partial charge in [-0.05, 0) is 37.6 Å². The number of benzene rings is 1. The Labute approximate surface area is 134 Å². The molecule has 0 aliphatic heterocycles. The number of nitrogens with zero attached hydrogens (tertiary/aromatic N) is 3. The van der Waals surface area contributed by atoms with Crippen molar-refractivity contribution in [2.75, 3.05) is 17.0 Å². The molecule has 0 radical (unpaired) electrons. The van der Waals surface area contributed by atoms with Crippen molar-refractivity contribution >= 4 is 21.6 Å². The van der Waals surface area contributed by atoms with Gasteiger partial charge in [-0.15, -0.1) is 5.10 Å². The van der Waals surface area contributed by atoms with Gasteiger partial charge in [0.15, 0.2) is 0 Å². The summed E-state index contributed by atoms with van der Waals surface area (Å²) < 4.78 is 27.0. The maximum Gasteiger partial charge on any atom is 0.251 e. The van der Waals surface area contributed by atoms with Gasteiger partial charge in [0.05, 0.1) is 11.9 Å². The zero-order chi connectivity index (χ0) is 16.7. The number of rotatable bonds is 8. The van der Waals surface area contributed by atoms with Crippen LogP contribution in [0.4, 0.5) is 5.69 Å². The number of sulfonamides is 1. The van der Waals surface area contributed by atoms with Crippen LogP contribution in [0.5, 0.6) is 0 Å². The minimum Gasteiger partial charge on any atom is -0.352 e. The molecule has 0 saturated carbocycles. The summed E-state index contributed by atoms with van der Waals surface area (Å²) in [6.07, 6.45) is 4.11. The predicted molar refractivity (Wildman–Crippen MR) is 86.5 cm³/mol. The second-order valence-electron chi connectivity index (χ2n) is 4.86. The Morgan fingerprint density at radius 1 is 1.26 bits per heavy atom. The van der Waals surface area contributed by atoms with Crippen molar-refractivity contribution in [3.8, 4) is 0 Å². The van der Waals surface area contributed by atoms with Gasteiger partial charge in [-0.1, -0.05) is 5.21 Å². The number of amides is 1. The molecule has 1 aromatic carbocycles. The molecule has 1 amide bonds. The Balaban J connectivity index is 1.80. The molecule has 0 atom stereocenters. The lowest BCUT2D eigenvalue weighted by Gasteiger charge is -2.08. The van der Waals surface area contributed by atoms with Gasteiger partial charge in [-0.25, -0.2) is 8.42 Å². The number of nitrogens with one attached hydrogen (secondary N) is 2. The summed E-state index contributed by atoms with van der Waals surface area (Å²) in [5, 5.41) is 10.3. The molecule has 0 bridgehead atoms. The topological polar surface area (TPSA) is 106 Å². The fraction of sp³-hybridized carbons (Fsp3) is 0.357. The lowest BCUT2D eigenvalue weighted by atomic mass is 10.2. The lowest BCUT2D eigenvalue weighted by molar-refractivity contribution is 0.0952. The van der Waals surface area contributed by atoms with E-state index in [0.29, 0.717) is 24.3 Å². The average Bonchev–Trinajstić information content (AvgIpc) is 3.05. The second-order valence-corrected chi connectivity index (χ2v) is 6.87. The summed E-state index contributed by atoms with van der Waals surface area (Å²) in [5.41, 5.74) is 0.916. The van der Waals surface area contributed by atoms with E-state index in [1.54, 1.807) is 48.3 Å². The molecule has 2 N–H and O–H groups in total. The van der Waals surface area contributed by atoms with Crippen LogP contribution in [0, 0.1) is 0 Å². The third kappa shape index (κ3) is 5.37. The van der Waals surface area contributed by atoms with Gasteiger partial charge in [0.25, 0.3) is 5.91 Å². The predicted octanol–water partition coefficient (Wildman–Crippen LogP) is 0.860. The van der Waals surface area contributed by atoms with Crippen molar-refractivity contribution in [3.63, 3.8) is 0 Å². The fourth-order valence-corrected chi connectivity index (χ4v) is 2.48.